The first-order chi connectivity index (χ1) is 11.5. The zero-order valence-corrected chi connectivity index (χ0v) is 14.2. The van der Waals surface area contributed by atoms with Gasteiger partial charge in [-0.25, -0.2) is 0 Å². The summed E-state index contributed by atoms with van der Waals surface area (Å²) in [7, 11) is 3.47. The van der Waals surface area contributed by atoms with E-state index < -0.39 is 0 Å². The number of aryl methyl sites for hydroxylation is 1. The molecule has 5 heteroatoms. The number of carbonyl (C=O) groups excluding carboxylic acids is 1. The van der Waals surface area contributed by atoms with E-state index in [0.29, 0.717) is 24.3 Å². The van der Waals surface area contributed by atoms with Crippen molar-refractivity contribution in [2.45, 2.75) is 6.92 Å². The largest absolute Gasteiger partial charge is 0.492 e. The van der Waals surface area contributed by atoms with E-state index in [-0.39, 0.29) is 5.91 Å². The molecule has 0 saturated carbocycles. The molecule has 0 saturated heterocycles. The van der Waals surface area contributed by atoms with Crippen molar-refractivity contribution in [3.8, 4) is 11.8 Å². The van der Waals surface area contributed by atoms with E-state index in [4.69, 9.17) is 10.00 Å². The molecule has 1 amide bonds. The van der Waals surface area contributed by atoms with Crippen molar-refractivity contribution >= 4 is 11.6 Å². The lowest BCUT2D eigenvalue weighted by Crippen LogP contribution is -2.22. The minimum absolute atomic E-state index is 0.0214. The summed E-state index contributed by atoms with van der Waals surface area (Å²) >= 11 is 0. The van der Waals surface area contributed by atoms with Gasteiger partial charge >= 0.3 is 0 Å². The Hall–Kier alpha value is -3.00. The van der Waals surface area contributed by atoms with Gasteiger partial charge in [0.15, 0.2) is 0 Å². The molecule has 0 bridgehead atoms. The van der Waals surface area contributed by atoms with E-state index in [1.165, 1.54) is 0 Å². The summed E-state index contributed by atoms with van der Waals surface area (Å²) in [6.45, 7) is 3.09. The van der Waals surface area contributed by atoms with Crippen LogP contribution in [0.2, 0.25) is 0 Å². The van der Waals surface area contributed by atoms with Crippen LogP contribution in [0.1, 0.15) is 21.5 Å². The number of carbonyl (C=O) groups is 1. The number of hydrogen-bond acceptors (Lipinski definition) is 4. The summed E-state index contributed by atoms with van der Waals surface area (Å²) in [6, 6.07) is 14.7. The van der Waals surface area contributed by atoms with Gasteiger partial charge in [0.1, 0.15) is 12.4 Å². The minimum Gasteiger partial charge on any atom is -0.492 e. The minimum atomic E-state index is -0.0214. The fourth-order valence-corrected chi connectivity index (χ4v) is 2.18. The Balaban J connectivity index is 1.90. The van der Waals surface area contributed by atoms with Gasteiger partial charge in [-0.15, -0.1) is 0 Å². The van der Waals surface area contributed by atoms with Gasteiger partial charge in [0.05, 0.1) is 11.6 Å². The molecule has 24 heavy (non-hydrogen) atoms. The lowest BCUT2D eigenvalue weighted by molar-refractivity contribution is 0.0827. The van der Waals surface area contributed by atoms with Gasteiger partial charge in [-0.2, -0.15) is 5.26 Å². The van der Waals surface area contributed by atoms with E-state index in [0.717, 1.165) is 17.0 Å². The second-order valence-electron chi connectivity index (χ2n) is 5.64. The summed E-state index contributed by atoms with van der Waals surface area (Å²) in [5, 5.41) is 12.1. The molecule has 0 unspecified atom stereocenters. The predicted molar refractivity (Wildman–Crippen MR) is 94.3 cm³/mol. The molecule has 0 fully saturated rings. The fraction of sp³-hybridized carbons (Fsp3) is 0.263. The first-order valence-corrected chi connectivity index (χ1v) is 7.70. The van der Waals surface area contributed by atoms with E-state index in [2.05, 4.69) is 11.4 Å². The van der Waals surface area contributed by atoms with Crippen LogP contribution < -0.4 is 10.1 Å². The molecule has 0 spiro atoms. The zero-order chi connectivity index (χ0) is 17.5. The van der Waals surface area contributed by atoms with Crippen molar-refractivity contribution in [3.63, 3.8) is 0 Å². The fourth-order valence-electron chi connectivity index (χ4n) is 2.18. The third kappa shape index (κ3) is 4.50. The number of rotatable bonds is 6. The van der Waals surface area contributed by atoms with Gasteiger partial charge < -0.3 is 15.0 Å². The smallest absolute Gasteiger partial charge is 0.253 e. The Morgan fingerprint density at radius 1 is 1.21 bits per heavy atom. The molecule has 0 heterocycles. The highest BCUT2D eigenvalue weighted by Crippen LogP contribution is 2.18. The van der Waals surface area contributed by atoms with E-state index >= 15 is 0 Å². The Morgan fingerprint density at radius 2 is 1.92 bits per heavy atom. The topological polar surface area (TPSA) is 65.4 Å². The maximum absolute atomic E-state index is 12.0. The van der Waals surface area contributed by atoms with Gasteiger partial charge in [0.25, 0.3) is 5.91 Å². The van der Waals surface area contributed by atoms with Crippen molar-refractivity contribution in [2.24, 2.45) is 0 Å². The number of benzene rings is 2. The van der Waals surface area contributed by atoms with Crippen molar-refractivity contribution < 1.29 is 9.53 Å². The van der Waals surface area contributed by atoms with Crippen LogP contribution in [0.3, 0.4) is 0 Å². The third-order valence-electron chi connectivity index (χ3n) is 3.56. The SMILES string of the molecule is Cc1ccc(C(=O)N(C)C)cc1NCCOc1ccc(C#N)cc1. The summed E-state index contributed by atoms with van der Waals surface area (Å²) in [6.07, 6.45) is 0. The first kappa shape index (κ1) is 17.4. The Bertz CT molecular complexity index is 746. The molecule has 2 aromatic carbocycles. The molecule has 0 aliphatic rings. The molecule has 0 atom stereocenters. The highest BCUT2D eigenvalue weighted by Gasteiger charge is 2.09. The van der Waals surface area contributed by atoms with E-state index in [1.54, 1.807) is 43.3 Å². The standard InChI is InChI=1S/C19H21N3O2/c1-14-4-7-16(19(23)22(2)3)12-18(14)21-10-11-24-17-8-5-15(13-20)6-9-17/h4-9,12,21H,10-11H2,1-3H3. The quantitative estimate of drug-likeness (QED) is 0.830. The van der Waals surface area contributed by atoms with Crippen LogP contribution in [0.5, 0.6) is 5.75 Å². The Labute approximate surface area is 142 Å². The molecule has 124 valence electrons. The molecule has 0 aliphatic heterocycles. The van der Waals surface area contributed by atoms with Gasteiger partial charge in [-0.05, 0) is 48.9 Å². The molecule has 5 nitrogen and oxygen atoms in total. The van der Waals surface area contributed by atoms with Crippen LogP contribution in [0.4, 0.5) is 5.69 Å². The number of nitriles is 1. The van der Waals surface area contributed by atoms with Crippen LogP contribution in [0.15, 0.2) is 42.5 Å². The summed E-state index contributed by atoms with van der Waals surface area (Å²) < 4.78 is 5.64. The van der Waals surface area contributed by atoms with Crippen LogP contribution in [0, 0.1) is 18.3 Å². The Morgan fingerprint density at radius 3 is 2.54 bits per heavy atom. The maximum Gasteiger partial charge on any atom is 0.253 e. The normalized spacial score (nSPS) is 9.92. The Kier molecular flexibility index (Phi) is 5.80. The van der Waals surface area contributed by atoms with Crippen molar-refractivity contribution in [1.29, 1.82) is 5.26 Å². The van der Waals surface area contributed by atoms with Crippen LogP contribution in [-0.4, -0.2) is 38.1 Å². The molecular formula is C19H21N3O2. The number of nitrogens with zero attached hydrogens (tertiary/aromatic N) is 2. The molecule has 0 aliphatic carbocycles. The highest BCUT2D eigenvalue weighted by atomic mass is 16.5. The lowest BCUT2D eigenvalue weighted by Gasteiger charge is -2.14. The number of amides is 1. The number of nitrogens with one attached hydrogen (secondary N) is 1. The van der Waals surface area contributed by atoms with Gasteiger partial charge in [-0.1, -0.05) is 6.07 Å². The van der Waals surface area contributed by atoms with Crippen LogP contribution in [-0.2, 0) is 0 Å². The first-order valence-electron chi connectivity index (χ1n) is 7.70. The summed E-state index contributed by atoms with van der Waals surface area (Å²) in [4.78, 5) is 13.6. The van der Waals surface area contributed by atoms with Gasteiger partial charge in [0, 0.05) is 31.9 Å². The molecule has 0 aromatic heterocycles. The second kappa shape index (κ2) is 8.02. The number of ether oxygens (including phenoxy) is 1. The monoisotopic (exact) mass is 323 g/mol. The van der Waals surface area contributed by atoms with Gasteiger partial charge in [0.2, 0.25) is 0 Å². The second-order valence-corrected chi connectivity index (χ2v) is 5.64. The highest BCUT2D eigenvalue weighted by molar-refractivity contribution is 5.95. The van der Waals surface area contributed by atoms with Crippen molar-refractivity contribution in [1.82, 2.24) is 4.90 Å². The van der Waals surface area contributed by atoms with Crippen LogP contribution >= 0.6 is 0 Å². The molecular weight excluding hydrogens is 302 g/mol. The van der Waals surface area contributed by atoms with Crippen LogP contribution in [0.25, 0.3) is 0 Å². The van der Waals surface area contributed by atoms with Crippen molar-refractivity contribution in [2.75, 3.05) is 32.6 Å². The third-order valence-corrected chi connectivity index (χ3v) is 3.56. The average molecular weight is 323 g/mol. The summed E-state index contributed by atoms with van der Waals surface area (Å²) in [5.74, 6) is 0.705. The predicted octanol–water partition coefficient (Wildman–Crippen LogP) is 3.06. The van der Waals surface area contributed by atoms with E-state index in [1.807, 2.05) is 25.1 Å². The molecule has 2 rings (SSSR count). The lowest BCUT2D eigenvalue weighted by atomic mass is 10.1. The zero-order valence-electron chi connectivity index (χ0n) is 14.2. The van der Waals surface area contributed by atoms with Gasteiger partial charge in [-0.3, -0.25) is 4.79 Å². The number of hydrogen-bond donors (Lipinski definition) is 1. The average Bonchev–Trinajstić information content (AvgIpc) is 2.60. The number of anilines is 1. The van der Waals surface area contributed by atoms with E-state index in [9.17, 15) is 4.79 Å². The van der Waals surface area contributed by atoms with Crippen molar-refractivity contribution in [3.05, 3.63) is 59.2 Å². The molecule has 2 aromatic rings. The molecule has 0 radical (unpaired) electrons. The summed E-state index contributed by atoms with van der Waals surface area (Å²) in [5.41, 5.74) is 3.26. The molecule has 1 N–H and O–H groups in total. The maximum atomic E-state index is 12.0.